The third-order valence-electron chi connectivity index (χ3n) is 5.22. The zero-order chi connectivity index (χ0) is 24.6. The number of rotatable bonds is 9. The standard InChI is InChI=1S/C27H25FN2O4S/c1-32-16-15-30-26(31)25(35-27(30)29-22-11-13-23(33-2)14-12-22)17-20-5-3-4-6-24(20)34-18-19-7-9-21(28)10-8-19/h3-14,17H,15-16,18H2,1-2H3/b25-17-,29-27?. The molecular weight excluding hydrogens is 467 g/mol. The molecule has 4 rings (SSSR count). The van der Waals surface area contributed by atoms with Crippen molar-refractivity contribution < 1.29 is 23.4 Å². The van der Waals surface area contributed by atoms with E-state index in [0.717, 1.165) is 16.9 Å². The number of hydrogen-bond acceptors (Lipinski definition) is 6. The highest BCUT2D eigenvalue weighted by Crippen LogP contribution is 2.35. The van der Waals surface area contributed by atoms with E-state index in [1.807, 2.05) is 54.6 Å². The Morgan fingerprint density at radius 3 is 2.46 bits per heavy atom. The van der Waals surface area contributed by atoms with Gasteiger partial charge in [0.05, 0.1) is 30.9 Å². The zero-order valence-electron chi connectivity index (χ0n) is 19.4. The summed E-state index contributed by atoms with van der Waals surface area (Å²) in [6.45, 7) is 1.06. The van der Waals surface area contributed by atoms with Crippen molar-refractivity contribution in [1.82, 2.24) is 4.90 Å². The number of methoxy groups -OCH3 is 2. The maximum atomic E-state index is 13.2. The van der Waals surface area contributed by atoms with Crippen LogP contribution in [0, 0.1) is 5.82 Å². The van der Waals surface area contributed by atoms with E-state index in [0.29, 0.717) is 34.7 Å². The highest BCUT2D eigenvalue weighted by atomic mass is 32.2. The Morgan fingerprint density at radius 1 is 1.00 bits per heavy atom. The molecule has 1 saturated heterocycles. The van der Waals surface area contributed by atoms with Gasteiger partial charge in [0, 0.05) is 12.7 Å². The molecule has 1 fully saturated rings. The molecule has 1 aliphatic rings. The number of carbonyl (C=O) groups is 1. The molecular formula is C27H25FN2O4S. The fourth-order valence-electron chi connectivity index (χ4n) is 3.35. The fraction of sp³-hybridized carbons (Fsp3) is 0.185. The molecule has 0 spiro atoms. The topological polar surface area (TPSA) is 60.4 Å². The van der Waals surface area contributed by atoms with Gasteiger partial charge in [-0.25, -0.2) is 9.38 Å². The van der Waals surface area contributed by atoms with Gasteiger partial charge in [0.15, 0.2) is 5.17 Å². The SMILES string of the molecule is COCCN1C(=O)/C(=C/c2ccccc2OCc2ccc(F)cc2)SC1=Nc1ccc(OC)cc1. The maximum absolute atomic E-state index is 13.2. The molecule has 1 amide bonds. The van der Waals surface area contributed by atoms with Gasteiger partial charge in [-0.1, -0.05) is 30.3 Å². The van der Waals surface area contributed by atoms with Crippen molar-refractivity contribution in [3.63, 3.8) is 0 Å². The molecule has 0 radical (unpaired) electrons. The van der Waals surface area contributed by atoms with Crippen molar-refractivity contribution in [1.29, 1.82) is 0 Å². The van der Waals surface area contributed by atoms with Crippen LogP contribution >= 0.6 is 11.8 Å². The first-order valence-corrected chi connectivity index (χ1v) is 11.8. The highest BCUT2D eigenvalue weighted by Gasteiger charge is 2.33. The number of ether oxygens (including phenoxy) is 3. The third kappa shape index (κ3) is 6.29. The summed E-state index contributed by atoms with van der Waals surface area (Å²) in [7, 11) is 3.20. The third-order valence-corrected chi connectivity index (χ3v) is 6.22. The first-order valence-electron chi connectivity index (χ1n) is 11.0. The first kappa shape index (κ1) is 24.5. The summed E-state index contributed by atoms with van der Waals surface area (Å²) in [5, 5.41) is 0.577. The van der Waals surface area contributed by atoms with E-state index in [1.54, 1.807) is 31.3 Å². The Hall–Kier alpha value is -3.62. The second-order valence-corrected chi connectivity index (χ2v) is 8.61. The summed E-state index contributed by atoms with van der Waals surface area (Å²) in [6.07, 6.45) is 1.81. The lowest BCUT2D eigenvalue weighted by Crippen LogP contribution is -2.32. The van der Waals surface area contributed by atoms with Gasteiger partial charge in [0.1, 0.15) is 23.9 Å². The summed E-state index contributed by atoms with van der Waals surface area (Å²) >= 11 is 1.31. The van der Waals surface area contributed by atoms with Crippen LogP contribution in [0.2, 0.25) is 0 Å². The van der Waals surface area contributed by atoms with E-state index in [9.17, 15) is 9.18 Å². The Kier molecular flexibility index (Phi) is 8.18. The Morgan fingerprint density at radius 2 is 1.74 bits per heavy atom. The number of carbonyl (C=O) groups excluding carboxylic acids is 1. The van der Waals surface area contributed by atoms with Crippen molar-refractivity contribution in [3.8, 4) is 11.5 Å². The van der Waals surface area contributed by atoms with Crippen LogP contribution < -0.4 is 9.47 Å². The van der Waals surface area contributed by atoms with E-state index in [2.05, 4.69) is 4.99 Å². The van der Waals surface area contributed by atoms with Crippen LogP contribution in [-0.2, 0) is 16.1 Å². The molecule has 3 aromatic rings. The zero-order valence-corrected chi connectivity index (χ0v) is 20.3. The smallest absolute Gasteiger partial charge is 0.266 e. The van der Waals surface area contributed by atoms with Gasteiger partial charge >= 0.3 is 0 Å². The van der Waals surface area contributed by atoms with E-state index < -0.39 is 0 Å². The molecule has 180 valence electrons. The number of amides is 1. The number of benzene rings is 3. The van der Waals surface area contributed by atoms with E-state index in [1.165, 1.54) is 23.9 Å². The van der Waals surface area contributed by atoms with Gasteiger partial charge in [-0.05, 0) is 65.9 Å². The fourth-order valence-corrected chi connectivity index (χ4v) is 4.37. The van der Waals surface area contributed by atoms with Crippen LogP contribution in [0.15, 0.2) is 82.7 Å². The summed E-state index contributed by atoms with van der Waals surface area (Å²) in [5.41, 5.74) is 2.33. The Balaban J connectivity index is 1.58. The Bertz CT molecular complexity index is 1230. The highest BCUT2D eigenvalue weighted by molar-refractivity contribution is 8.18. The summed E-state index contributed by atoms with van der Waals surface area (Å²) in [4.78, 5) is 20.1. The quantitative estimate of drug-likeness (QED) is 0.361. The van der Waals surface area contributed by atoms with Gasteiger partial charge in [-0.2, -0.15) is 0 Å². The molecule has 0 aliphatic carbocycles. The molecule has 0 atom stereocenters. The lowest BCUT2D eigenvalue weighted by atomic mass is 10.1. The van der Waals surface area contributed by atoms with Gasteiger partial charge in [-0.15, -0.1) is 0 Å². The summed E-state index contributed by atoms with van der Waals surface area (Å²) in [5.74, 6) is 0.924. The summed E-state index contributed by atoms with van der Waals surface area (Å²) < 4.78 is 29.6. The number of para-hydroxylation sites is 1. The second kappa shape index (κ2) is 11.7. The average Bonchev–Trinajstić information content (AvgIpc) is 3.17. The van der Waals surface area contributed by atoms with E-state index >= 15 is 0 Å². The van der Waals surface area contributed by atoms with Crippen LogP contribution in [0.4, 0.5) is 10.1 Å². The normalized spacial score (nSPS) is 15.7. The second-order valence-electron chi connectivity index (χ2n) is 7.61. The molecule has 0 saturated carbocycles. The number of hydrogen-bond donors (Lipinski definition) is 0. The van der Waals surface area contributed by atoms with Crippen molar-refractivity contribution in [3.05, 3.63) is 94.6 Å². The minimum Gasteiger partial charge on any atom is -0.497 e. The van der Waals surface area contributed by atoms with Crippen LogP contribution in [0.1, 0.15) is 11.1 Å². The molecule has 8 heteroatoms. The number of nitrogens with zero attached hydrogens (tertiary/aromatic N) is 2. The van der Waals surface area contributed by atoms with E-state index in [4.69, 9.17) is 14.2 Å². The van der Waals surface area contributed by atoms with Crippen molar-refractivity contribution >= 4 is 34.6 Å². The molecule has 0 bridgehead atoms. The minimum absolute atomic E-state index is 0.146. The largest absolute Gasteiger partial charge is 0.497 e. The number of halogens is 1. The molecule has 0 unspecified atom stereocenters. The van der Waals surface area contributed by atoms with Gasteiger partial charge in [-0.3, -0.25) is 9.69 Å². The molecule has 1 heterocycles. The van der Waals surface area contributed by atoms with Crippen molar-refractivity contribution in [2.45, 2.75) is 6.61 Å². The van der Waals surface area contributed by atoms with Crippen LogP contribution in [0.25, 0.3) is 6.08 Å². The average molecular weight is 493 g/mol. The molecule has 1 aliphatic heterocycles. The lowest BCUT2D eigenvalue weighted by Gasteiger charge is -2.14. The number of amidine groups is 1. The predicted molar refractivity (Wildman–Crippen MR) is 136 cm³/mol. The van der Waals surface area contributed by atoms with Crippen LogP contribution in [-0.4, -0.2) is 43.3 Å². The van der Waals surface area contributed by atoms with Crippen molar-refractivity contribution in [2.75, 3.05) is 27.4 Å². The molecule has 0 N–H and O–H groups in total. The summed E-state index contributed by atoms with van der Waals surface area (Å²) in [6, 6.07) is 21.0. The van der Waals surface area contributed by atoms with E-state index in [-0.39, 0.29) is 18.3 Å². The monoisotopic (exact) mass is 492 g/mol. The first-order chi connectivity index (χ1) is 17.1. The maximum Gasteiger partial charge on any atom is 0.266 e. The predicted octanol–water partition coefficient (Wildman–Crippen LogP) is 5.66. The lowest BCUT2D eigenvalue weighted by molar-refractivity contribution is -0.122. The Labute approximate surface area is 208 Å². The molecule has 3 aromatic carbocycles. The molecule has 35 heavy (non-hydrogen) atoms. The molecule has 0 aromatic heterocycles. The number of aliphatic imine (C=N–C) groups is 1. The molecule has 6 nitrogen and oxygen atoms in total. The van der Waals surface area contributed by atoms with Gasteiger partial charge in [0.2, 0.25) is 0 Å². The minimum atomic E-state index is -0.291. The van der Waals surface area contributed by atoms with Gasteiger partial charge in [0.25, 0.3) is 5.91 Å². The number of thioether (sulfide) groups is 1. The van der Waals surface area contributed by atoms with Gasteiger partial charge < -0.3 is 14.2 Å². The van der Waals surface area contributed by atoms with Crippen LogP contribution in [0.5, 0.6) is 11.5 Å². The van der Waals surface area contributed by atoms with Crippen molar-refractivity contribution in [2.24, 2.45) is 4.99 Å². The van der Waals surface area contributed by atoms with Crippen LogP contribution in [0.3, 0.4) is 0 Å².